The van der Waals surface area contributed by atoms with Gasteiger partial charge in [0.15, 0.2) is 0 Å². The summed E-state index contributed by atoms with van der Waals surface area (Å²) in [6.45, 7) is 15.5. The van der Waals surface area contributed by atoms with Crippen LogP contribution < -0.4 is 0 Å². The summed E-state index contributed by atoms with van der Waals surface area (Å²) in [5.41, 5.74) is 1.12. The lowest BCUT2D eigenvalue weighted by Gasteiger charge is -2.08. The smallest absolute Gasteiger partial charge is 0.120 e. The van der Waals surface area contributed by atoms with Crippen molar-refractivity contribution >= 4 is 6.29 Å². The summed E-state index contributed by atoms with van der Waals surface area (Å²) >= 11 is 0. The topological polar surface area (TPSA) is 35.5 Å². The van der Waals surface area contributed by atoms with Gasteiger partial charge in [-0.25, -0.2) is 0 Å². The first-order valence-corrected chi connectivity index (χ1v) is 11.8. The second-order valence-corrected chi connectivity index (χ2v) is 8.13. The largest absolute Gasteiger partial charge is 0.381 e. The molecule has 0 rings (SSSR count). The lowest BCUT2D eigenvalue weighted by atomic mass is 10.1. The highest BCUT2D eigenvalue weighted by Crippen LogP contribution is 2.06. The van der Waals surface area contributed by atoms with Crippen LogP contribution in [0.3, 0.4) is 0 Å². The van der Waals surface area contributed by atoms with Gasteiger partial charge in [0.1, 0.15) is 6.29 Å². The minimum absolute atomic E-state index is 0.377. The van der Waals surface area contributed by atoms with Gasteiger partial charge in [0.05, 0.1) is 6.61 Å². The zero-order chi connectivity index (χ0) is 21.3. The van der Waals surface area contributed by atoms with Gasteiger partial charge in [0.2, 0.25) is 0 Å². The van der Waals surface area contributed by atoms with Gasteiger partial charge in [-0.05, 0) is 25.7 Å². The Labute approximate surface area is 176 Å². The molecule has 0 aliphatic heterocycles. The molecule has 1 atom stereocenters. The molecule has 3 nitrogen and oxygen atoms in total. The van der Waals surface area contributed by atoms with Crippen LogP contribution in [-0.4, -0.2) is 32.7 Å². The molecule has 0 heterocycles. The molecule has 0 N–H and O–H groups in total. The summed E-state index contributed by atoms with van der Waals surface area (Å²) in [6.07, 6.45) is 17.4. The van der Waals surface area contributed by atoms with Crippen LogP contribution in [0.2, 0.25) is 0 Å². The minimum atomic E-state index is 0.377. The first kappa shape index (κ1) is 29.5. The Morgan fingerprint density at radius 2 is 1.29 bits per heavy atom. The van der Waals surface area contributed by atoms with Gasteiger partial charge in [0.25, 0.3) is 0 Å². The Hall–Kier alpha value is -0.670. The van der Waals surface area contributed by atoms with Crippen molar-refractivity contribution in [2.24, 2.45) is 5.92 Å². The average molecular weight is 399 g/mol. The van der Waals surface area contributed by atoms with Crippen molar-refractivity contribution in [1.29, 1.82) is 0 Å². The molecular weight excluding hydrogens is 348 g/mol. The second kappa shape index (κ2) is 26.3. The van der Waals surface area contributed by atoms with Crippen molar-refractivity contribution in [3.8, 4) is 0 Å². The number of hydrogen-bond donors (Lipinski definition) is 0. The van der Waals surface area contributed by atoms with E-state index in [9.17, 15) is 4.79 Å². The van der Waals surface area contributed by atoms with Crippen molar-refractivity contribution in [2.45, 2.75) is 111 Å². The molecule has 0 radical (unpaired) electrons. The van der Waals surface area contributed by atoms with E-state index in [4.69, 9.17) is 9.47 Å². The molecule has 0 aliphatic rings. The van der Waals surface area contributed by atoms with Crippen LogP contribution in [0, 0.1) is 5.92 Å². The molecule has 0 aromatic rings. The third-order valence-corrected chi connectivity index (χ3v) is 4.53. The Bertz CT molecular complexity index is 315. The molecule has 1 unspecified atom stereocenters. The molecule has 0 aromatic carbocycles. The summed E-state index contributed by atoms with van der Waals surface area (Å²) in [5.74, 6) is 0.377. The van der Waals surface area contributed by atoms with Gasteiger partial charge < -0.3 is 14.3 Å². The number of aldehydes is 1. The van der Waals surface area contributed by atoms with E-state index < -0.39 is 0 Å². The molecule has 3 heteroatoms. The highest BCUT2D eigenvalue weighted by atomic mass is 16.5. The molecule has 0 spiro atoms. The first-order valence-electron chi connectivity index (χ1n) is 11.8. The van der Waals surface area contributed by atoms with Crippen LogP contribution in [0.4, 0.5) is 0 Å². The van der Waals surface area contributed by atoms with Crippen molar-refractivity contribution in [3.05, 3.63) is 12.2 Å². The van der Waals surface area contributed by atoms with Crippen molar-refractivity contribution in [3.63, 3.8) is 0 Å². The Kier molecular flexibility index (Phi) is 27.8. The Morgan fingerprint density at radius 1 is 0.821 bits per heavy atom. The summed E-state index contributed by atoms with van der Waals surface area (Å²) < 4.78 is 10.9. The molecule has 28 heavy (non-hydrogen) atoms. The van der Waals surface area contributed by atoms with E-state index in [1.807, 2.05) is 6.92 Å². The zero-order valence-corrected chi connectivity index (χ0v) is 19.6. The van der Waals surface area contributed by atoms with Gasteiger partial charge in [0, 0.05) is 26.2 Å². The minimum Gasteiger partial charge on any atom is -0.381 e. The maximum absolute atomic E-state index is 10.2. The van der Waals surface area contributed by atoms with Crippen LogP contribution in [-0.2, 0) is 14.3 Å². The third kappa shape index (κ3) is 30.1. The van der Waals surface area contributed by atoms with Gasteiger partial charge in [-0.15, -0.1) is 0 Å². The fourth-order valence-electron chi connectivity index (χ4n) is 2.73. The number of carbonyl (C=O) groups is 1. The lowest BCUT2D eigenvalue weighted by molar-refractivity contribution is -0.108. The SMILES string of the molecule is C=C(C)COCCCCCCCC.CCCCCCCCOCC(C)CC=O. The van der Waals surface area contributed by atoms with E-state index in [1.165, 1.54) is 70.6 Å². The van der Waals surface area contributed by atoms with E-state index in [0.29, 0.717) is 12.3 Å². The fourth-order valence-corrected chi connectivity index (χ4v) is 2.73. The maximum Gasteiger partial charge on any atom is 0.120 e. The molecule has 0 saturated carbocycles. The van der Waals surface area contributed by atoms with E-state index in [2.05, 4.69) is 27.4 Å². The van der Waals surface area contributed by atoms with Gasteiger partial charge in [-0.1, -0.05) is 97.1 Å². The number of rotatable bonds is 20. The first-order chi connectivity index (χ1) is 13.6. The van der Waals surface area contributed by atoms with Gasteiger partial charge >= 0.3 is 0 Å². The van der Waals surface area contributed by atoms with Crippen LogP contribution in [0.25, 0.3) is 0 Å². The third-order valence-electron chi connectivity index (χ3n) is 4.53. The molecular formula is C25H50O3. The lowest BCUT2D eigenvalue weighted by Crippen LogP contribution is -2.07. The van der Waals surface area contributed by atoms with Crippen LogP contribution in [0.5, 0.6) is 0 Å². The average Bonchev–Trinajstić information content (AvgIpc) is 2.66. The van der Waals surface area contributed by atoms with Crippen LogP contribution in [0.1, 0.15) is 111 Å². The molecule has 0 fully saturated rings. The highest BCUT2D eigenvalue weighted by Gasteiger charge is 2.00. The monoisotopic (exact) mass is 398 g/mol. The van der Waals surface area contributed by atoms with Crippen molar-refractivity contribution in [2.75, 3.05) is 26.4 Å². The Morgan fingerprint density at radius 3 is 1.75 bits per heavy atom. The fraction of sp³-hybridized carbons (Fsp3) is 0.880. The van der Waals surface area contributed by atoms with Crippen molar-refractivity contribution < 1.29 is 14.3 Å². The van der Waals surface area contributed by atoms with Gasteiger partial charge in [-0.2, -0.15) is 0 Å². The summed E-state index contributed by atoms with van der Waals surface area (Å²) in [5, 5.41) is 0. The maximum atomic E-state index is 10.2. The highest BCUT2D eigenvalue weighted by molar-refractivity contribution is 5.49. The Balaban J connectivity index is 0. The van der Waals surface area contributed by atoms with E-state index in [0.717, 1.165) is 44.7 Å². The van der Waals surface area contributed by atoms with E-state index >= 15 is 0 Å². The zero-order valence-electron chi connectivity index (χ0n) is 19.6. The predicted octanol–water partition coefficient (Wildman–Crippen LogP) is 7.53. The quantitative estimate of drug-likeness (QED) is 0.121. The molecule has 0 aliphatic carbocycles. The summed E-state index contributed by atoms with van der Waals surface area (Å²) in [7, 11) is 0. The second-order valence-electron chi connectivity index (χ2n) is 8.13. The summed E-state index contributed by atoms with van der Waals surface area (Å²) in [4.78, 5) is 10.2. The van der Waals surface area contributed by atoms with Crippen LogP contribution in [0.15, 0.2) is 12.2 Å². The van der Waals surface area contributed by atoms with Gasteiger partial charge in [-0.3, -0.25) is 0 Å². The molecule has 0 bridgehead atoms. The number of hydrogen-bond acceptors (Lipinski definition) is 3. The molecule has 0 saturated heterocycles. The normalized spacial score (nSPS) is 11.6. The molecule has 0 amide bonds. The molecule has 0 aromatic heterocycles. The van der Waals surface area contributed by atoms with E-state index in [-0.39, 0.29) is 0 Å². The van der Waals surface area contributed by atoms with Crippen molar-refractivity contribution in [1.82, 2.24) is 0 Å². The van der Waals surface area contributed by atoms with E-state index in [1.54, 1.807) is 0 Å². The number of unbranched alkanes of at least 4 members (excludes halogenated alkanes) is 10. The summed E-state index contributed by atoms with van der Waals surface area (Å²) in [6, 6.07) is 0. The van der Waals surface area contributed by atoms with Crippen LogP contribution >= 0.6 is 0 Å². The number of ether oxygens (including phenoxy) is 2. The molecule has 168 valence electrons. The standard InChI is InChI=1S/C13H26O2.C12H24O/c1-3-4-5-6-7-8-11-15-12-13(2)9-10-14;1-4-5-6-7-8-9-10-13-11-12(2)3/h10,13H,3-9,11-12H2,1-2H3;2,4-11H2,1,3H3. The predicted molar refractivity (Wildman–Crippen MR) is 123 cm³/mol. The number of carbonyl (C=O) groups excluding carboxylic acids is 1.